The molecule has 0 saturated carbocycles. The van der Waals surface area contributed by atoms with Crippen molar-refractivity contribution in [2.24, 2.45) is 0 Å². The maximum Gasteiger partial charge on any atom is 0.0880 e. The molecule has 2 nitrogen and oxygen atoms in total. The molecular formula is C11H22O2. The number of aliphatic hydroxyl groups is 1. The molecule has 0 amide bonds. The van der Waals surface area contributed by atoms with E-state index in [0.717, 1.165) is 38.0 Å². The molecule has 0 bridgehead atoms. The quantitative estimate of drug-likeness (QED) is 0.487. The lowest BCUT2D eigenvalue weighted by atomic mass is 10.1. The second kappa shape index (κ2) is 8.11. The highest BCUT2D eigenvalue weighted by Crippen LogP contribution is 2.07. The van der Waals surface area contributed by atoms with Gasteiger partial charge in [-0.25, -0.2) is 0 Å². The van der Waals surface area contributed by atoms with Crippen LogP contribution in [0.25, 0.3) is 0 Å². The van der Waals surface area contributed by atoms with Gasteiger partial charge in [0.25, 0.3) is 0 Å². The molecule has 0 aromatic carbocycles. The summed E-state index contributed by atoms with van der Waals surface area (Å²) in [5.74, 6) is 0.452. The van der Waals surface area contributed by atoms with Gasteiger partial charge in [-0.05, 0) is 38.7 Å². The molecule has 0 spiro atoms. The third kappa shape index (κ3) is 7.85. The van der Waals surface area contributed by atoms with Gasteiger partial charge in [-0.1, -0.05) is 13.3 Å². The van der Waals surface area contributed by atoms with Crippen LogP contribution in [0.2, 0.25) is 0 Å². The normalized spacial score (nSPS) is 12.8. The summed E-state index contributed by atoms with van der Waals surface area (Å²) < 4.78 is 5.40. The molecule has 0 unspecified atom stereocenters. The van der Waals surface area contributed by atoms with Crippen LogP contribution in [0.5, 0.6) is 0 Å². The molecular weight excluding hydrogens is 164 g/mol. The Hall–Kier alpha value is -0.500. The van der Waals surface area contributed by atoms with Crippen molar-refractivity contribution in [3.63, 3.8) is 0 Å². The standard InChI is InChI=1S/C11H22O2/c1-4-5-8-13-9-6-7-10(2)11(3)12/h12H,4-9H2,1-3H3. The zero-order valence-corrected chi connectivity index (χ0v) is 9.10. The monoisotopic (exact) mass is 186 g/mol. The summed E-state index contributed by atoms with van der Waals surface area (Å²) in [5, 5.41) is 9.10. The lowest BCUT2D eigenvalue weighted by Gasteiger charge is -2.04. The minimum Gasteiger partial charge on any atom is -0.513 e. The van der Waals surface area contributed by atoms with Crippen LogP contribution in [0.3, 0.4) is 0 Å². The van der Waals surface area contributed by atoms with Crippen molar-refractivity contribution in [3.8, 4) is 0 Å². The first-order valence-corrected chi connectivity index (χ1v) is 5.11. The third-order valence-electron chi connectivity index (χ3n) is 2.10. The predicted octanol–water partition coefficient (Wildman–Crippen LogP) is 3.44. The number of allylic oxidation sites excluding steroid dienone is 2. The van der Waals surface area contributed by atoms with Crippen LogP contribution in [0.4, 0.5) is 0 Å². The molecule has 13 heavy (non-hydrogen) atoms. The van der Waals surface area contributed by atoms with Crippen molar-refractivity contribution >= 4 is 0 Å². The van der Waals surface area contributed by atoms with E-state index < -0.39 is 0 Å². The van der Waals surface area contributed by atoms with E-state index in [4.69, 9.17) is 9.84 Å². The summed E-state index contributed by atoms with van der Waals surface area (Å²) in [4.78, 5) is 0. The van der Waals surface area contributed by atoms with Crippen LogP contribution >= 0.6 is 0 Å². The zero-order chi connectivity index (χ0) is 10.1. The molecule has 2 heteroatoms. The molecule has 0 saturated heterocycles. The number of ether oxygens (including phenoxy) is 1. The Balaban J connectivity index is 3.22. The van der Waals surface area contributed by atoms with Crippen molar-refractivity contribution in [1.29, 1.82) is 0 Å². The van der Waals surface area contributed by atoms with Crippen molar-refractivity contribution in [1.82, 2.24) is 0 Å². The molecule has 0 aromatic rings. The van der Waals surface area contributed by atoms with Gasteiger partial charge < -0.3 is 9.84 Å². The Kier molecular flexibility index (Phi) is 7.80. The SMILES string of the molecule is CCCCOCCCC(C)=C(C)O. The molecule has 0 rings (SSSR count). The van der Waals surface area contributed by atoms with E-state index >= 15 is 0 Å². The van der Waals surface area contributed by atoms with Crippen LogP contribution in [0, 0.1) is 0 Å². The first-order valence-electron chi connectivity index (χ1n) is 5.11. The smallest absolute Gasteiger partial charge is 0.0880 e. The fourth-order valence-electron chi connectivity index (χ4n) is 0.969. The van der Waals surface area contributed by atoms with Gasteiger partial charge in [-0.15, -0.1) is 0 Å². The van der Waals surface area contributed by atoms with Gasteiger partial charge in [0.2, 0.25) is 0 Å². The van der Waals surface area contributed by atoms with Gasteiger partial charge in [0.1, 0.15) is 0 Å². The Morgan fingerprint density at radius 3 is 2.31 bits per heavy atom. The summed E-state index contributed by atoms with van der Waals surface area (Å²) in [7, 11) is 0. The maximum atomic E-state index is 9.10. The van der Waals surface area contributed by atoms with Crippen LogP contribution in [0.15, 0.2) is 11.3 Å². The average Bonchev–Trinajstić information content (AvgIpc) is 2.10. The van der Waals surface area contributed by atoms with Gasteiger partial charge in [0.05, 0.1) is 5.76 Å². The Morgan fingerprint density at radius 2 is 1.77 bits per heavy atom. The summed E-state index contributed by atoms with van der Waals surface area (Å²) in [6.45, 7) is 7.53. The number of hydrogen-bond acceptors (Lipinski definition) is 2. The molecule has 0 heterocycles. The molecule has 0 aliphatic carbocycles. The summed E-state index contributed by atoms with van der Waals surface area (Å²) in [6.07, 6.45) is 4.28. The number of aliphatic hydroxyl groups excluding tert-OH is 1. The third-order valence-corrected chi connectivity index (χ3v) is 2.10. The Labute approximate surface area is 81.6 Å². The van der Waals surface area contributed by atoms with Crippen LogP contribution in [-0.4, -0.2) is 18.3 Å². The van der Waals surface area contributed by atoms with Crippen molar-refractivity contribution in [3.05, 3.63) is 11.3 Å². The van der Waals surface area contributed by atoms with Crippen LogP contribution in [-0.2, 0) is 4.74 Å². The maximum absolute atomic E-state index is 9.10. The van der Waals surface area contributed by atoms with Crippen LogP contribution in [0.1, 0.15) is 46.5 Å². The minimum absolute atomic E-state index is 0.452. The number of rotatable bonds is 7. The van der Waals surface area contributed by atoms with E-state index in [1.807, 2.05) is 6.92 Å². The minimum atomic E-state index is 0.452. The van der Waals surface area contributed by atoms with Gasteiger partial charge in [-0.2, -0.15) is 0 Å². The second-order valence-electron chi connectivity index (χ2n) is 3.44. The fourth-order valence-corrected chi connectivity index (χ4v) is 0.969. The first-order chi connectivity index (χ1) is 6.18. The second-order valence-corrected chi connectivity index (χ2v) is 3.44. The largest absolute Gasteiger partial charge is 0.513 e. The van der Waals surface area contributed by atoms with E-state index in [-0.39, 0.29) is 0 Å². The van der Waals surface area contributed by atoms with Gasteiger partial charge in [0, 0.05) is 13.2 Å². The molecule has 0 radical (unpaired) electrons. The molecule has 0 aliphatic heterocycles. The lowest BCUT2D eigenvalue weighted by molar-refractivity contribution is 0.129. The molecule has 0 aliphatic rings. The van der Waals surface area contributed by atoms with E-state index in [9.17, 15) is 0 Å². The predicted molar refractivity (Wildman–Crippen MR) is 56.0 cm³/mol. The van der Waals surface area contributed by atoms with E-state index in [2.05, 4.69) is 6.92 Å². The summed E-state index contributed by atoms with van der Waals surface area (Å²) in [5.41, 5.74) is 1.07. The lowest BCUT2D eigenvalue weighted by Crippen LogP contribution is -1.97. The van der Waals surface area contributed by atoms with Crippen molar-refractivity contribution < 1.29 is 9.84 Å². The van der Waals surface area contributed by atoms with Gasteiger partial charge in [0.15, 0.2) is 0 Å². The average molecular weight is 186 g/mol. The summed E-state index contributed by atoms with van der Waals surface area (Å²) >= 11 is 0. The molecule has 0 aromatic heterocycles. The topological polar surface area (TPSA) is 29.5 Å². The molecule has 78 valence electrons. The van der Waals surface area contributed by atoms with Crippen molar-refractivity contribution in [2.45, 2.75) is 46.5 Å². The highest BCUT2D eigenvalue weighted by Gasteiger charge is 1.95. The number of unbranched alkanes of at least 4 members (excludes halogenated alkanes) is 1. The van der Waals surface area contributed by atoms with Gasteiger partial charge >= 0.3 is 0 Å². The van der Waals surface area contributed by atoms with Crippen LogP contribution < -0.4 is 0 Å². The fraction of sp³-hybridized carbons (Fsp3) is 0.818. The van der Waals surface area contributed by atoms with E-state index in [1.165, 1.54) is 6.42 Å². The Morgan fingerprint density at radius 1 is 1.15 bits per heavy atom. The Bertz CT molecular complexity index is 146. The van der Waals surface area contributed by atoms with Gasteiger partial charge in [-0.3, -0.25) is 0 Å². The summed E-state index contributed by atoms with van der Waals surface area (Å²) in [6, 6.07) is 0. The highest BCUT2D eigenvalue weighted by molar-refractivity contribution is 5.01. The highest BCUT2D eigenvalue weighted by atomic mass is 16.5. The molecule has 0 fully saturated rings. The molecule has 0 atom stereocenters. The number of hydrogen-bond donors (Lipinski definition) is 1. The zero-order valence-electron chi connectivity index (χ0n) is 9.10. The molecule has 1 N–H and O–H groups in total. The van der Waals surface area contributed by atoms with E-state index in [0.29, 0.717) is 5.76 Å². The van der Waals surface area contributed by atoms with E-state index in [1.54, 1.807) is 6.92 Å². The van der Waals surface area contributed by atoms with Crippen molar-refractivity contribution in [2.75, 3.05) is 13.2 Å². The first kappa shape index (κ1) is 12.5.